The molecule has 0 saturated carbocycles. The number of carbonyl (C=O) groups is 1. The van der Waals surface area contributed by atoms with Crippen LogP contribution in [-0.2, 0) is 14.3 Å². The number of carbonyl (C=O) groups excluding carboxylic acids is 1. The zero-order chi connectivity index (χ0) is 17.1. The lowest BCUT2D eigenvalue weighted by Crippen LogP contribution is -2.58. The van der Waals surface area contributed by atoms with Crippen LogP contribution in [0.2, 0.25) is 0 Å². The Bertz CT molecular complexity index is 581. The van der Waals surface area contributed by atoms with Gasteiger partial charge in [0.15, 0.2) is 0 Å². The van der Waals surface area contributed by atoms with E-state index < -0.39 is 0 Å². The molecule has 0 unspecified atom stereocenters. The van der Waals surface area contributed by atoms with Crippen molar-refractivity contribution in [1.82, 2.24) is 9.88 Å². The Kier molecular flexibility index (Phi) is 4.90. The smallest absolute Gasteiger partial charge is 0.225 e. The number of pyridine rings is 1. The first kappa shape index (κ1) is 16.8. The highest BCUT2D eigenvalue weighted by Gasteiger charge is 2.41. The van der Waals surface area contributed by atoms with Crippen molar-refractivity contribution in [2.75, 3.05) is 50.9 Å². The Hall–Kier alpha value is -1.66. The summed E-state index contributed by atoms with van der Waals surface area (Å²) in [7, 11) is 0. The fourth-order valence-corrected chi connectivity index (χ4v) is 4.26. The summed E-state index contributed by atoms with van der Waals surface area (Å²) in [6, 6.07) is 4.12. The molecule has 25 heavy (non-hydrogen) atoms. The highest BCUT2D eigenvalue weighted by molar-refractivity contribution is 5.79. The molecule has 0 radical (unpaired) electrons. The normalized spacial score (nSPS) is 24.5. The minimum atomic E-state index is -0.117. The Labute approximate surface area is 149 Å². The predicted molar refractivity (Wildman–Crippen MR) is 94.5 cm³/mol. The zero-order valence-electron chi connectivity index (χ0n) is 14.7. The second-order valence-electron chi connectivity index (χ2n) is 7.37. The van der Waals surface area contributed by atoms with E-state index in [1.165, 1.54) is 5.69 Å². The van der Waals surface area contributed by atoms with Gasteiger partial charge in [0.25, 0.3) is 0 Å². The molecule has 3 fully saturated rings. The van der Waals surface area contributed by atoms with E-state index in [9.17, 15) is 4.79 Å². The van der Waals surface area contributed by atoms with Gasteiger partial charge in [-0.3, -0.25) is 9.78 Å². The van der Waals surface area contributed by atoms with Crippen LogP contribution in [0.15, 0.2) is 24.5 Å². The lowest BCUT2D eigenvalue weighted by Gasteiger charge is -2.48. The minimum Gasteiger partial charge on any atom is -0.381 e. The number of hydrogen-bond donors (Lipinski definition) is 0. The number of rotatable bonds is 2. The molecule has 1 amide bonds. The highest BCUT2D eigenvalue weighted by Crippen LogP contribution is 2.33. The van der Waals surface area contributed by atoms with E-state index in [0.717, 1.165) is 71.7 Å². The molecule has 6 nitrogen and oxygen atoms in total. The standard InChI is InChI=1S/C19H27N3O3/c23-18(16-3-12-24-13-4-16)21-9-5-19(6-10-21)15-22(11-14-25-19)17-1-7-20-8-2-17/h1-2,7-8,16H,3-6,9-15H2. The van der Waals surface area contributed by atoms with Crippen LogP contribution in [0.25, 0.3) is 0 Å². The summed E-state index contributed by atoms with van der Waals surface area (Å²) in [6.45, 7) is 5.61. The van der Waals surface area contributed by atoms with Gasteiger partial charge in [0.2, 0.25) is 5.91 Å². The Morgan fingerprint density at radius 3 is 2.52 bits per heavy atom. The third-order valence-electron chi connectivity index (χ3n) is 5.83. The molecule has 0 N–H and O–H groups in total. The van der Waals surface area contributed by atoms with E-state index in [4.69, 9.17) is 9.47 Å². The van der Waals surface area contributed by atoms with Crippen molar-refractivity contribution in [3.8, 4) is 0 Å². The van der Waals surface area contributed by atoms with Crippen molar-refractivity contribution in [1.29, 1.82) is 0 Å². The van der Waals surface area contributed by atoms with Crippen molar-refractivity contribution in [3.63, 3.8) is 0 Å². The van der Waals surface area contributed by atoms with Crippen LogP contribution in [0.1, 0.15) is 25.7 Å². The van der Waals surface area contributed by atoms with Crippen LogP contribution in [0.3, 0.4) is 0 Å². The maximum atomic E-state index is 12.7. The molecule has 1 spiro atoms. The lowest BCUT2D eigenvalue weighted by atomic mass is 9.88. The van der Waals surface area contributed by atoms with Gasteiger partial charge >= 0.3 is 0 Å². The maximum absolute atomic E-state index is 12.7. The molecule has 3 saturated heterocycles. The predicted octanol–water partition coefficient (Wildman–Crippen LogP) is 1.71. The second-order valence-corrected chi connectivity index (χ2v) is 7.37. The van der Waals surface area contributed by atoms with Crippen LogP contribution in [-0.4, -0.2) is 67.4 Å². The number of likely N-dealkylation sites (tertiary alicyclic amines) is 1. The molecule has 1 aromatic rings. The van der Waals surface area contributed by atoms with Gasteiger partial charge in [0.05, 0.1) is 12.2 Å². The van der Waals surface area contributed by atoms with Gasteiger partial charge in [-0.2, -0.15) is 0 Å². The van der Waals surface area contributed by atoms with Crippen molar-refractivity contribution in [2.24, 2.45) is 5.92 Å². The monoisotopic (exact) mass is 345 g/mol. The first-order valence-corrected chi connectivity index (χ1v) is 9.41. The van der Waals surface area contributed by atoms with E-state index in [2.05, 4.69) is 26.9 Å². The summed E-state index contributed by atoms with van der Waals surface area (Å²) in [5, 5.41) is 0. The van der Waals surface area contributed by atoms with Crippen molar-refractivity contribution in [3.05, 3.63) is 24.5 Å². The van der Waals surface area contributed by atoms with E-state index in [1.807, 2.05) is 12.4 Å². The van der Waals surface area contributed by atoms with Gasteiger partial charge in [-0.1, -0.05) is 0 Å². The summed E-state index contributed by atoms with van der Waals surface area (Å²) >= 11 is 0. The molecule has 0 atom stereocenters. The number of nitrogens with zero attached hydrogens (tertiary/aromatic N) is 3. The molecule has 4 rings (SSSR count). The summed E-state index contributed by atoms with van der Waals surface area (Å²) < 4.78 is 11.6. The molecule has 3 aliphatic rings. The van der Waals surface area contributed by atoms with E-state index >= 15 is 0 Å². The summed E-state index contributed by atoms with van der Waals surface area (Å²) in [5.74, 6) is 0.475. The summed E-state index contributed by atoms with van der Waals surface area (Å²) in [4.78, 5) is 21.3. The third kappa shape index (κ3) is 3.65. The minimum absolute atomic E-state index is 0.117. The third-order valence-corrected chi connectivity index (χ3v) is 5.83. The number of aromatic nitrogens is 1. The first-order valence-electron chi connectivity index (χ1n) is 9.41. The van der Waals surface area contributed by atoms with Gasteiger partial charge < -0.3 is 19.3 Å². The molecule has 1 aromatic heterocycles. The topological polar surface area (TPSA) is 54.9 Å². The zero-order valence-corrected chi connectivity index (χ0v) is 14.7. The van der Waals surface area contributed by atoms with E-state index in [0.29, 0.717) is 5.91 Å². The van der Waals surface area contributed by atoms with Crippen LogP contribution in [0.5, 0.6) is 0 Å². The number of anilines is 1. The highest BCUT2D eigenvalue weighted by atomic mass is 16.5. The lowest BCUT2D eigenvalue weighted by molar-refractivity contribution is -0.146. The van der Waals surface area contributed by atoms with Gasteiger partial charge in [0, 0.05) is 63.4 Å². The maximum Gasteiger partial charge on any atom is 0.225 e. The molecular weight excluding hydrogens is 318 g/mol. The van der Waals surface area contributed by atoms with E-state index in [1.54, 1.807) is 0 Å². The Morgan fingerprint density at radius 2 is 1.80 bits per heavy atom. The van der Waals surface area contributed by atoms with Crippen LogP contribution < -0.4 is 4.90 Å². The average Bonchev–Trinajstić information content (AvgIpc) is 2.69. The largest absolute Gasteiger partial charge is 0.381 e. The number of hydrogen-bond acceptors (Lipinski definition) is 5. The Morgan fingerprint density at radius 1 is 1.08 bits per heavy atom. The fraction of sp³-hybridized carbons (Fsp3) is 0.684. The number of ether oxygens (including phenoxy) is 2. The molecule has 3 aliphatic heterocycles. The second kappa shape index (κ2) is 7.30. The molecule has 136 valence electrons. The number of amides is 1. The summed E-state index contributed by atoms with van der Waals surface area (Å²) in [5.41, 5.74) is 1.09. The molecular formula is C19H27N3O3. The van der Waals surface area contributed by atoms with Gasteiger partial charge in [0.1, 0.15) is 0 Å². The van der Waals surface area contributed by atoms with Crippen molar-refractivity contribution < 1.29 is 14.3 Å². The first-order chi connectivity index (χ1) is 12.3. The van der Waals surface area contributed by atoms with E-state index in [-0.39, 0.29) is 11.5 Å². The molecule has 4 heterocycles. The molecule has 0 bridgehead atoms. The number of piperidine rings is 1. The quantitative estimate of drug-likeness (QED) is 0.817. The van der Waals surface area contributed by atoms with Gasteiger partial charge in [-0.05, 0) is 37.8 Å². The summed E-state index contributed by atoms with van der Waals surface area (Å²) in [6.07, 6.45) is 7.26. The van der Waals surface area contributed by atoms with Crippen molar-refractivity contribution >= 4 is 11.6 Å². The van der Waals surface area contributed by atoms with Crippen LogP contribution >= 0.6 is 0 Å². The number of morpholine rings is 1. The Balaban J connectivity index is 1.36. The molecule has 0 aromatic carbocycles. The van der Waals surface area contributed by atoms with Gasteiger partial charge in [-0.15, -0.1) is 0 Å². The van der Waals surface area contributed by atoms with Crippen molar-refractivity contribution in [2.45, 2.75) is 31.3 Å². The molecule has 6 heteroatoms. The fourth-order valence-electron chi connectivity index (χ4n) is 4.26. The van der Waals surface area contributed by atoms with Gasteiger partial charge in [-0.25, -0.2) is 0 Å². The average molecular weight is 345 g/mol. The van der Waals surface area contributed by atoms with Crippen LogP contribution in [0, 0.1) is 5.92 Å². The SMILES string of the molecule is O=C(C1CCOCC1)N1CCC2(CC1)CN(c1ccncc1)CCO2. The molecule has 0 aliphatic carbocycles. The van der Waals surface area contributed by atoms with Crippen LogP contribution in [0.4, 0.5) is 5.69 Å².